The topological polar surface area (TPSA) is 92.5 Å². The van der Waals surface area contributed by atoms with Crippen LogP contribution < -0.4 is 5.32 Å². The lowest BCUT2D eigenvalue weighted by atomic mass is 9.87. The molecule has 0 bridgehead atoms. The number of amides is 1. The van der Waals surface area contributed by atoms with Crippen molar-refractivity contribution in [3.8, 4) is 0 Å². The average Bonchev–Trinajstić information content (AvgIpc) is 2.51. The van der Waals surface area contributed by atoms with Crippen molar-refractivity contribution in [1.29, 1.82) is 0 Å². The van der Waals surface area contributed by atoms with Crippen LogP contribution in [0.1, 0.15) is 31.2 Å². The fourth-order valence-electron chi connectivity index (χ4n) is 2.67. The molecule has 1 aromatic rings. The van der Waals surface area contributed by atoms with E-state index in [4.69, 9.17) is 0 Å². The van der Waals surface area contributed by atoms with Crippen LogP contribution in [-0.2, 0) is 4.79 Å². The van der Waals surface area contributed by atoms with Gasteiger partial charge in [-0.25, -0.2) is 0 Å². The Labute approximate surface area is 129 Å². The highest BCUT2D eigenvalue weighted by molar-refractivity contribution is 5.91. The lowest BCUT2D eigenvalue weighted by Crippen LogP contribution is -2.32. The highest BCUT2D eigenvalue weighted by Gasteiger charge is 2.20. The Balaban J connectivity index is 1.83. The molecule has 118 valence electrons. The first-order chi connectivity index (χ1) is 10.5. The van der Waals surface area contributed by atoms with Gasteiger partial charge in [-0.1, -0.05) is 18.6 Å². The summed E-state index contributed by atoms with van der Waals surface area (Å²) in [6, 6.07) is 6.11. The molecule has 22 heavy (non-hydrogen) atoms. The first kappa shape index (κ1) is 16.2. The predicted octanol–water partition coefficient (Wildman–Crippen LogP) is 2.28. The largest absolute Gasteiger partial charge is 0.393 e. The van der Waals surface area contributed by atoms with E-state index in [-0.39, 0.29) is 17.7 Å². The monoisotopic (exact) mass is 304 g/mol. The minimum atomic E-state index is -0.466. The summed E-state index contributed by atoms with van der Waals surface area (Å²) in [4.78, 5) is 22.0. The van der Waals surface area contributed by atoms with Gasteiger partial charge in [0.2, 0.25) is 5.91 Å². The van der Waals surface area contributed by atoms with Gasteiger partial charge in [-0.3, -0.25) is 14.9 Å². The molecule has 2 rings (SSSR count). The molecule has 1 aromatic carbocycles. The minimum Gasteiger partial charge on any atom is -0.393 e. The number of nitrogens with one attached hydrogen (secondary N) is 1. The highest BCUT2D eigenvalue weighted by Crippen LogP contribution is 2.23. The van der Waals surface area contributed by atoms with Crippen LogP contribution in [0.3, 0.4) is 0 Å². The maximum atomic E-state index is 11.8. The van der Waals surface area contributed by atoms with E-state index in [1.165, 1.54) is 18.2 Å². The van der Waals surface area contributed by atoms with Crippen molar-refractivity contribution >= 4 is 17.7 Å². The molecule has 1 saturated carbocycles. The van der Waals surface area contributed by atoms with E-state index in [9.17, 15) is 20.0 Å². The first-order valence-corrected chi connectivity index (χ1v) is 7.43. The predicted molar refractivity (Wildman–Crippen MR) is 83.1 cm³/mol. The zero-order chi connectivity index (χ0) is 15.9. The van der Waals surface area contributed by atoms with E-state index >= 15 is 0 Å². The summed E-state index contributed by atoms with van der Waals surface area (Å²) in [7, 11) is 0. The van der Waals surface area contributed by atoms with Gasteiger partial charge in [0.05, 0.1) is 11.0 Å². The zero-order valence-electron chi connectivity index (χ0n) is 12.3. The average molecular weight is 304 g/mol. The van der Waals surface area contributed by atoms with Crippen LogP contribution in [0, 0.1) is 16.0 Å². The lowest BCUT2D eigenvalue weighted by Gasteiger charge is -2.25. The third kappa shape index (κ3) is 4.96. The number of aliphatic hydroxyl groups is 1. The van der Waals surface area contributed by atoms with E-state index in [0.29, 0.717) is 18.0 Å². The number of rotatable bonds is 5. The van der Waals surface area contributed by atoms with Gasteiger partial charge in [0.15, 0.2) is 0 Å². The number of hydrogen-bond donors (Lipinski definition) is 2. The van der Waals surface area contributed by atoms with Gasteiger partial charge in [0.1, 0.15) is 0 Å². The molecule has 1 amide bonds. The normalized spacial score (nSPS) is 21.7. The summed E-state index contributed by atoms with van der Waals surface area (Å²) in [5, 5.41) is 23.1. The number of nitro groups is 1. The van der Waals surface area contributed by atoms with Gasteiger partial charge in [-0.2, -0.15) is 0 Å². The SMILES string of the molecule is O=C(C=Cc1cccc([N+](=O)[O-])c1)NCC1CCCC(O)C1. The van der Waals surface area contributed by atoms with Crippen LogP contribution in [0.5, 0.6) is 0 Å². The van der Waals surface area contributed by atoms with Crippen LogP contribution in [0.2, 0.25) is 0 Å². The summed E-state index contributed by atoms with van der Waals surface area (Å²) in [5.74, 6) is 0.0884. The number of carbonyl (C=O) groups excluding carboxylic acids is 1. The second-order valence-corrected chi connectivity index (χ2v) is 5.62. The van der Waals surface area contributed by atoms with Crippen molar-refractivity contribution in [2.45, 2.75) is 31.8 Å². The Hall–Kier alpha value is -2.21. The molecule has 6 heteroatoms. The van der Waals surface area contributed by atoms with Crippen LogP contribution in [0.4, 0.5) is 5.69 Å². The second kappa shape index (κ2) is 7.70. The molecule has 1 aliphatic carbocycles. The zero-order valence-corrected chi connectivity index (χ0v) is 12.3. The van der Waals surface area contributed by atoms with Crippen LogP contribution in [0.25, 0.3) is 6.08 Å². The van der Waals surface area contributed by atoms with Gasteiger partial charge < -0.3 is 10.4 Å². The van der Waals surface area contributed by atoms with Crippen LogP contribution in [0.15, 0.2) is 30.3 Å². The van der Waals surface area contributed by atoms with Crippen molar-refractivity contribution in [3.63, 3.8) is 0 Å². The molecular formula is C16H20N2O4. The Morgan fingerprint density at radius 1 is 1.45 bits per heavy atom. The molecule has 2 N–H and O–H groups in total. The Bertz CT molecular complexity index is 571. The molecule has 0 aliphatic heterocycles. The van der Waals surface area contributed by atoms with Crippen molar-refractivity contribution < 1.29 is 14.8 Å². The van der Waals surface area contributed by atoms with Crippen molar-refractivity contribution in [3.05, 3.63) is 46.0 Å². The van der Waals surface area contributed by atoms with Gasteiger partial charge in [-0.15, -0.1) is 0 Å². The van der Waals surface area contributed by atoms with Gasteiger partial charge in [0.25, 0.3) is 5.69 Å². The van der Waals surface area contributed by atoms with E-state index in [1.807, 2.05) is 0 Å². The molecular weight excluding hydrogens is 284 g/mol. The standard InChI is InChI=1S/C16H20N2O4/c19-15-6-2-4-13(10-15)11-17-16(20)8-7-12-3-1-5-14(9-12)18(21)22/h1,3,5,7-9,13,15,19H,2,4,6,10-11H2,(H,17,20). The highest BCUT2D eigenvalue weighted by atomic mass is 16.6. The van der Waals surface area contributed by atoms with Crippen molar-refractivity contribution in [1.82, 2.24) is 5.32 Å². The number of benzene rings is 1. The Morgan fingerprint density at radius 3 is 3.00 bits per heavy atom. The summed E-state index contributed by atoms with van der Waals surface area (Å²) in [6.45, 7) is 0.551. The lowest BCUT2D eigenvalue weighted by molar-refractivity contribution is -0.384. The van der Waals surface area contributed by atoms with E-state index in [0.717, 1.165) is 25.7 Å². The van der Waals surface area contributed by atoms with E-state index in [2.05, 4.69) is 5.32 Å². The number of hydrogen-bond acceptors (Lipinski definition) is 4. The fourth-order valence-corrected chi connectivity index (χ4v) is 2.67. The molecule has 1 aliphatic rings. The molecule has 2 unspecified atom stereocenters. The molecule has 2 atom stereocenters. The molecule has 0 aromatic heterocycles. The molecule has 1 fully saturated rings. The molecule has 0 saturated heterocycles. The van der Waals surface area contributed by atoms with E-state index < -0.39 is 4.92 Å². The fraction of sp³-hybridized carbons (Fsp3) is 0.438. The first-order valence-electron chi connectivity index (χ1n) is 7.43. The summed E-state index contributed by atoms with van der Waals surface area (Å²) in [6.07, 6.45) is 6.26. The second-order valence-electron chi connectivity index (χ2n) is 5.62. The third-order valence-electron chi connectivity index (χ3n) is 3.83. The summed E-state index contributed by atoms with van der Waals surface area (Å²) < 4.78 is 0. The quantitative estimate of drug-likeness (QED) is 0.496. The molecule has 0 radical (unpaired) electrons. The van der Waals surface area contributed by atoms with Crippen LogP contribution >= 0.6 is 0 Å². The van der Waals surface area contributed by atoms with E-state index in [1.54, 1.807) is 18.2 Å². The van der Waals surface area contributed by atoms with Gasteiger partial charge >= 0.3 is 0 Å². The number of nitro benzene ring substituents is 1. The maximum absolute atomic E-state index is 11.8. The van der Waals surface area contributed by atoms with Crippen molar-refractivity contribution in [2.75, 3.05) is 6.54 Å². The van der Waals surface area contributed by atoms with Crippen LogP contribution in [-0.4, -0.2) is 28.6 Å². The number of non-ortho nitro benzene ring substituents is 1. The molecule has 0 heterocycles. The summed E-state index contributed by atoms with van der Waals surface area (Å²) >= 11 is 0. The minimum absolute atomic E-state index is 0.00116. The van der Waals surface area contributed by atoms with Gasteiger partial charge in [0, 0.05) is 24.8 Å². The Morgan fingerprint density at radius 2 is 2.27 bits per heavy atom. The number of aliphatic hydroxyl groups excluding tert-OH is 1. The number of carbonyl (C=O) groups is 1. The molecule has 0 spiro atoms. The smallest absolute Gasteiger partial charge is 0.270 e. The maximum Gasteiger partial charge on any atom is 0.270 e. The van der Waals surface area contributed by atoms with Crippen molar-refractivity contribution in [2.24, 2.45) is 5.92 Å². The Kier molecular flexibility index (Phi) is 5.66. The number of nitrogens with zero attached hydrogens (tertiary/aromatic N) is 1. The van der Waals surface area contributed by atoms with Gasteiger partial charge in [-0.05, 0) is 36.8 Å². The third-order valence-corrected chi connectivity index (χ3v) is 3.83. The molecule has 6 nitrogen and oxygen atoms in total. The summed E-state index contributed by atoms with van der Waals surface area (Å²) in [5.41, 5.74) is 0.608.